The summed E-state index contributed by atoms with van der Waals surface area (Å²) in [6.07, 6.45) is 0. The number of nitrogens with one attached hydrogen (secondary N) is 1. The lowest BCUT2D eigenvalue weighted by Crippen LogP contribution is -2.35. The van der Waals surface area contributed by atoms with Crippen LogP contribution in [0.25, 0.3) is 0 Å². The summed E-state index contributed by atoms with van der Waals surface area (Å²) >= 11 is 1.27. The van der Waals surface area contributed by atoms with E-state index in [1.54, 1.807) is 6.92 Å². The topological polar surface area (TPSA) is 55.1 Å². The van der Waals surface area contributed by atoms with Crippen LogP contribution in [0.3, 0.4) is 0 Å². The molecule has 1 aromatic rings. The molecule has 16 heavy (non-hydrogen) atoms. The molecular formula is C10H12F2N2OS. The Labute approximate surface area is 96.4 Å². The van der Waals surface area contributed by atoms with E-state index in [1.807, 2.05) is 5.43 Å². The fraction of sp³-hybridized carbons (Fsp3) is 0.300. The molecule has 0 aliphatic heterocycles. The number of hydrazine groups is 1. The normalized spacial score (nSPS) is 12.2. The third kappa shape index (κ3) is 3.46. The maximum atomic E-state index is 12.8. The zero-order valence-electron chi connectivity index (χ0n) is 8.67. The van der Waals surface area contributed by atoms with Crippen LogP contribution in [0.1, 0.15) is 6.92 Å². The van der Waals surface area contributed by atoms with Crippen LogP contribution in [0.15, 0.2) is 23.1 Å². The Morgan fingerprint density at radius 3 is 2.75 bits per heavy atom. The molecule has 6 heteroatoms. The molecule has 1 rings (SSSR count). The maximum absolute atomic E-state index is 12.8. The third-order valence-electron chi connectivity index (χ3n) is 1.98. The number of benzene rings is 1. The van der Waals surface area contributed by atoms with Gasteiger partial charge in [0.2, 0.25) is 5.91 Å². The molecule has 1 atom stereocenters. The van der Waals surface area contributed by atoms with Gasteiger partial charge in [0.1, 0.15) is 0 Å². The number of amides is 1. The molecule has 3 N–H and O–H groups in total. The minimum Gasteiger partial charge on any atom is -0.294 e. The molecule has 0 aliphatic rings. The van der Waals surface area contributed by atoms with E-state index in [4.69, 9.17) is 5.84 Å². The summed E-state index contributed by atoms with van der Waals surface area (Å²) in [6, 6.07) is 3.63. The molecule has 0 aliphatic carbocycles. The Morgan fingerprint density at radius 2 is 2.19 bits per heavy atom. The number of halogens is 2. The van der Waals surface area contributed by atoms with Crippen molar-refractivity contribution < 1.29 is 13.6 Å². The molecule has 0 spiro atoms. The minimum atomic E-state index is -0.888. The van der Waals surface area contributed by atoms with Crippen LogP contribution in [0.5, 0.6) is 0 Å². The lowest BCUT2D eigenvalue weighted by molar-refractivity contribution is -0.123. The zero-order chi connectivity index (χ0) is 12.1. The van der Waals surface area contributed by atoms with Crippen molar-refractivity contribution in [3.63, 3.8) is 0 Å². The van der Waals surface area contributed by atoms with E-state index in [0.717, 1.165) is 12.1 Å². The summed E-state index contributed by atoms with van der Waals surface area (Å²) in [5, 5.41) is 0. The molecule has 0 heterocycles. The number of rotatable bonds is 4. The van der Waals surface area contributed by atoms with Crippen LogP contribution in [0.4, 0.5) is 8.78 Å². The predicted molar refractivity (Wildman–Crippen MR) is 58.6 cm³/mol. The number of carbonyl (C=O) groups excluding carboxylic acids is 1. The molecule has 3 nitrogen and oxygen atoms in total. The van der Waals surface area contributed by atoms with Crippen molar-refractivity contribution in [3.8, 4) is 0 Å². The third-order valence-corrected chi connectivity index (χ3v) is 3.23. The van der Waals surface area contributed by atoms with Crippen molar-refractivity contribution in [1.82, 2.24) is 5.43 Å². The Balaban J connectivity index is 2.55. The van der Waals surface area contributed by atoms with Crippen molar-refractivity contribution in [2.45, 2.75) is 11.8 Å². The Kier molecular flexibility index (Phi) is 4.70. The first-order valence-electron chi connectivity index (χ1n) is 4.63. The standard InChI is InChI=1S/C10H12F2N2OS/c1-6(10(15)14-13)5-16-7-2-3-8(11)9(12)4-7/h2-4,6H,5,13H2,1H3,(H,14,15). The first kappa shape index (κ1) is 12.9. The average Bonchev–Trinajstić information content (AvgIpc) is 2.29. The molecule has 1 unspecified atom stereocenters. The molecular weight excluding hydrogens is 234 g/mol. The highest BCUT2D eigenvalue weighted by atomic mass is 32.2. The van der Waals surface area contributed by atoms with E-state index in [-0.39, 0.29) is 11.8 Å². The summed E-state index contributed by atoms with van der Waals surface area (Å²) in [7, 11) is 0. The summed E-state index contributed by atoms with van der Waals surface area (Å²) < 4.78 is 25.5. The van der Waals surface area contributed by atoms with Crippen LogP contribution < -0.4 is 11.3 Å². The average molecular weight is 246 g/mol. The lowest BCUT2D eigenvalue weighted by Gasteiger charge is -2.08. The number of carbonyl (C=O) groups is 1. The summed E-state index contributed by atoms with van der Waals surface area (Å²) in [4.78, 5) is 11.6. The second-order valence-corrected chi connectivity index (χ2v) is 4.39. The minimum absolute atomic E-state index is 0.282. The smallest absolute Gasteiger partial charge is 0.237 e. The molecule has 1 aromatic carbocycles. The number of hydrogen-bond acceptors (Lipinski definition) is 3. The number of nitrogens with two attached hydrogens (primary N) is 1. The highest BCUT2D eigenvalue weighted by Gasteiger charge is 2.12. The molecule has 0 aromatic heterocycles. The molecule has 0 bridgehead atoms. The molecule has 0 radical (unpaired) electrons. The van der Waals surface area contributed by atoms with E-state index in [0.29, 0.717) is 10.6 Å². The predicted octanol–water partition coefficient (Wildman–Crippen LogP) is 1.68. The zero-order valence-corrected chi connectivity index (χ0v) is 9.48. The SMILES string of the molecule is CC(CSc1ccc(F)c(F)c1)C(=O)NN. The fourth-order valence-electron chi connectivity index (χ4n) is 1.01. The van der Waals surface area contributed by atoms with Crippen LogP contribution in [-0.4, -0.2) is 11.7 Å². The monoisotopic (exact) mass is 246 g/mol. The van der Waals surface area contributed by atoms with E-state index < -0.39 is 11.6 Å². The van der Waals surface area contributed by atoms with E-state index in [2.05, 4.69) is 0 Å². The van der Waals surface area contributed by atoms with E-state index in [9.17, 15) is 13.6 Å². The molecule has 0 saturated carbocycles. The Bertz CT molecular complexity index is 387. The van der Waals surface area contributed by atoms with Gasteiger partial charge in [-0.25, -0.2) is 14.6 Å². The number of thioether (sulfide) groups is 1. The van der Waals surface area contributed by atoms with Crippen LogP contribution in [0.2, 0.25) is 0 Å². The quantitative estimate of drug-likeness (QED) is 0.368. The van der Waals surface area contributed by atoms with Crippen molar-refractivity contribution in [1.29, 1.82) is 0 Å². The second-order valence-electron chi connectivity index (χ2n) is 3.30. The van der Waals surface area contributed by atoms with Crippen molar-refractivity contribution in [2.24, 2.45) is 11.8 Å². The van der Waals surface area contributed by atoms with Gasteiger partial charge in [-0.1, -0.05) is 6.92 Å². The number of hydrogen-bond donors (Lipinski definition) is 2. The largest absolute Gasteiger partial charge is 0.294 e. The first-order valence-corrected chi connectivity index (χ1v) is 5.61. The van der Waals surface area contributed by atoms with Gasteiger partial charge in [-0.15, -0.1) is 11.8 Å². The van der Waals surface area contributed by atoms with E-state index in [1.165, 1.54) is 17.8 Å². The van der Waals surface area contributed by atoms with Gasteiger partial charge >= 0.3 is 0 Å². The van der Waals surface area contributed by atoms with Gasteiger partial charge in [-0.05, 0) is 18.2 Å². The summed E-state index contributed by atoms with van der Waals surface area (Å²) in [5.74, 6) is 3.08. The Hall–Kier alpha value is -1.14. The fourth-order valence-corrected chi connectivity index (χ4v) is 1.95. The van der Waals surface area contributed by atoms with Gasteiger partial charge in [0, 0.05) is 16.6 Å². The molecule has 88 valence electrons. The van der Waals surface area contributed by atoms with Crippen LogP contribution in [0, 0.1) is 17.6 Å². The molecule has 1 amide bonds. The van der Waals surface area contributed by atoms with E-state index >= 15 is 0 Å². The summed E-state index contributed by atoms with van der Waals surface area (Å²) in [6.45, 7) is 1.70. The van der Waals surface area contributed by atoms with Crippen LogP contribution >= 0.6 is 11.8 Å². The van der Waals surface area contributed by atoms with Gasteiger partial charge in [-0.3, -0.25) is 10.2 Å². The lowest BCUT2D eigenvalue weighted by atomic mass is 10.2. The highest BCUT2D eigenvalue weighted by molar-refractivity contribution is 7.99. The first-order chi connectivity index (χ1) is 7.54. The van der Waals surface area contributed by atoms with Gasteiger partial charge in [0.05, 0.1) is 0 Å². The summed E-state index contributed by atoms with van der Waals surface area (Å²) in [5.41, 5.74) is 2.04. The Morgan fingerprint density at radius 1 is 1.50 bits per heavy atom. The van der Waals surface area contributed by atoms with Crippen molar-refractivity contribution in [2.75, 3.05) is 5.75 Å². The van der Waals surface area contributed by atoms with Gasteiger partial charge in [0.15, 0.2) is 11.6 Å². The van der Waals surface area contributed by atoms with Crippen molar-refractivity contribution >= 4 is 17.7 Å². The highest BCUT2D eigenvalue weighted by Crippen LogP contribution is 2.22. The van der Waals surface area contributed by atoms with Gasteiger partial charge in [-0.2, -0.15) is 0 Å². The van der Waals surface area contributed by atoms with Gasteiger partial charge in [0.25, 0.3) is 0 Å². The van der Waals surface area contributed by atoms with Crippen LogP contribution in [-0.2, 0) is 4.79 Å². The molecule has 0 fully saturated rings. The van der Waals surface area contributed by atoms with Gasteiger partial charge < -0.3 is 0 Å². The molecule has 0 saturated heterocycles. The van der Waals surface area contributed by atoms with Crippen molar-refractivity contribution in [3.05, 3.63) is 29.8 Å². The maximum Gasteiger partial charge on any atom is 0.237 e. The second kappa shape index (κ2) is 5.81.